The molecule has 23 heavy (non-hydrogen) atoms. The van der Waals surface area contributed by atoms with Crippen LogP contribution in [0.25, 0.3) is 0 Å². The zero-order valence-corrected chi connectivity index (χ0v) is 13.6. The second-order valence-corrected chi connectivity index (χ2v) is 5.81. The van der Waals surface area contributed by atoms with E-state index in [0.29, 0.717) is 24.8 Å². The average Bonchev–Trinajstić information content (AvgIpc) is 3.06. The van der Waals surface area contributed by atoms with Gasteiger partial charge in [0.2, 0.25) is 0 Å². The number of benzene rings is 1. The Morgan fingerprint density at radius 2 is 2.00 bits per heavy atom. The molecule has 6 nitrogen and oxygen atoms in total. The van der Waals surface area contributed by atoms with E-state index >= 15 is 0 Å². The molecule has 0 saturated heterocycles. The SMILES string of the molecule is COCC[C@H](CO)NC(=O)Nc1ccc(OC2CCCC2)cc1. The van der Waals surface area contributed by atoms with E-state index in [4.69, 9.17) is 9.47 Å². The van der Waals surface area contributed by atoms with Crippen LogP contribution in [0.15, 0.2) is 24.3 Å². The summed E-state index contributed by atoms with van der Waals surface area (Å²) >= 11 is 0. The monoisotopic (exact) mass is 322 g/mol. The van der Waals surface area contributed by atoms with E-state index in [0.717, 1.165) is 18.6 Å². The Morgan fingerprint density at radius 3 is 2.61 bits per heavy atom. The third kappa shape index (κ3) is 6.08. The van der Waals surface area contributed by atoms with Crippen molar-refractivity contribution in [2.45, 2.75) is 44.2 Å². The van der Waals surface area contributed by atoms with Gasteiger partial charge in [-0.25, -0.2) is 4.79 Å². The predicted molar refractivity (Wildman–Crippen MR) is 88.8 cm³/mol. The van der Waals surface area contributed by atoms with Crippen LogP contribution in [0, 0.1) is 0 Å². The molecule has 0 radical (unpaired) electrons. The summed E-state index contributed by atoms with van der Waals surface area (Å²) in [6, 6.07) is 6.69. The maximum absolute atomic E-state index is 11.9. The van der Waals surface area contributed by atoms with Crippen molar-refractivity contribution in [3.8, 4) is 5.75 Å². The van der Waals surface area contributed by atoms with Gasteiger partial charge in [-0.2, -0.15) is 0 Å². The number of ether oxygens (including phenoxy) is 2. The van der Waals surface area contributed by atoms with Gasteiger partial charge in [-0.3, -0.25) is 0 Å². The average molecular weight is 322 g/mol. The Bertz CT molecular complexity index is 472. The van der Waals surface area contributed by atoms with Crippen molar-refractivity contribution < 1.29 is 19.4 Å². The molecule has 1 atom stereocenters. The summed E-state index contributed by atoms with van der Waals surface area (Å²) in [5.74, 6) is 0.830. The van der Waals surface area contributed by atoms with Crippen LogP contribution in [0.1, 0.15) is 32.1 Å². The minimum absolute atomic E-state index is 0.120. The summed E-state index contributed by atoms with van der Waals surface area (Å²) in [5.41, 5.74) is 0.685. The lowest BCUT2D eigenvalue weighted by molar-refractivity contribution is 0.161. The molecule has 128 valence electrons. The topological polar surface area (TPSA) is 79.8 Å². The van der Waals surface area contributed by atoms with Crippen molar-refractivity contribution in [3.05, 3.63) is 24.3 Å². The van der Waals surface area contributed by atoms with E-state index in [1.807, 2.05) is 24.3 Å². The predicted octanol–water partition coefficient (Wildman–Crippen LogP) is 2.53. The third-order valence-electron chi connectivity index (χ3n) is 3.94. The number of nitrogens with one attached hydrogen (secondary N) is 2. The zero-order valence-electron chi connectivity index (χ0n) is 13.6. The second-order valence-electron chi connectivity index (χ2n) is 5.81. The number of methoxy groups -OCH3 is 1. The Balaban J connectivity index is 1.78. The molecule has 0 aromatic heterocycles. The molecule has 0 bridgehead atoms. The van der Waals surface area contributed by atoms with Gasteiger partial charge in [-0.15, -0.1) is 0 Å². The molecule has 1 saturated carbocycles. The molecule has 1 aliphatic carbocycles. The highest BCUT2D eigenvalue weighted by Gasteiger charge is 2.16. The molecular formula is C17H26N2O4. The molecule has 0 unspecified atom stereocenters. The van der Waals surface area contributed by atoms with Crippen molar-refractivity contribution >= 4 is 11.7 Å². The maximum Gasteiger partial charge on any atom is 0.319 e. The van der Waals surface area contributed by atoms with Gasteiger partial charge in [-0.05, 0) is 56.4 Å². The van der Waals surface area contributed by atoms with E-state index in [-0.39, 0.29) is 18.7 Å². The Kier molecular flexibility index (Phi) is 7.16. The van der Waals surface area contributed by atoms with Crippen LogP contribution in [-0.4, -0.2) is 43.6 Å². The number of anilines is 1. The van der Waals surface area contributed by atoms with Gasteiger partial charge < -0.3 is 25.2 Å². The Hall–Kier alpha value is -1.79. The normalized spacial score (nSPS) is 16.1. The van der Waals surface area contributed by atoms with Gasteiger partial charge >= 0.3 is 6.03 Å². The van der Waals surface area contributed by atoms with Crippen molar-refractivity contribution in [1.29, 1.82) is 0 Å². The number of urea groups is 1. The number of hydrogen-bond donors (Lipinski definition) is 3. The van der Waals surface area contributed by atoms with Gasteiger partial charge in [0.15, 0.2) is 0 Å². The molecule has 0 heterocycles. The number of carbonyl (C=O) groups excluding carboxylic acids is 1. The molecule has 6 heteroatoms. The number of aliphatic hydroxyl groups is 1. The molecule has 1 aromatic carbocycles. The number of amides is 2. The molecule has 2 rings (SSSR count). The minimum atomic E-state index is -0.343. The van der Waals surface area contributed by atoms with E-state index in [1.165, 1.54) is 12.8 Å². The fourth-order valence-corrected chi connectivity index (χ4v) is 2.64. The molecule has 0 aliphatic heterocycles. The first kappa shape index (κ1) is 17.6. The molecular weight excluding hydrogens is 296 g/mol. The van der Waals surface area contributed by atoms with Gasteiger partial charge in [0.05, 0.1) is 18.8 Å². The summed E-state index contributed by atoms with van der Waals surface area (Å²) < 4.78 is 10.8. The van der Waals surface area contributed by atoms with Crippen molar-refractivity contribution in [2.75, 3.05) is 25.6 Å². The fourth-order valence-electron chi connectivity index (χ4n) is 2.64. The van der Waals surface area contributed by atoms with Crippen LogP contribution in [0.3, 0.4) is 0 Å². The number of hydrogen-bond acceptors (Lipinski definition) is 4. The number of carbonyl (C=O) groups is 1. The third-order valence-corrected chi connectivity index (χ3v) is 3.94. The fraction of sp³-hybridized carbons (Fsp3) is 0.588. The van der Waals surface area contributed by atoms with E-state index in [9.17, 15) is 9.90 Å². The van der Waals surface area contributed by atoms with Crippen LogP contribution < -0.4 is 15.4 Å². The van der Waals surface area contributed by atoms with E-state index < -0.39 is 0 Å². The number of rotatable bonds is 8. The van der Waals surface area contributed by atoms with Crippen LogP contribution >= 0.6 is 0 Å². The second kappa shape index (κ2) is 9.37. The zero-order chi connectivity index (χ0) is 16.5. The van der Waals surface area contributed by atoms with Crippen LogP contribution in [0.4, 0.5) is 10.5 Å². The van der Waals surface area contributed by atoms with Gasteiger partial charge in [-0.1, -0.05) is 0 Å². The Morgan fingerprint density at radius 1 is 1.30 bits per heavy atom. The molecule has 1 aliphatic rings. The quantitative estimate of drug-likeness (QED) is 0.687. The first-order chi connectivity index (χ1) is 11.2. The highest BCUT2D eigenvalue weighted by Crippen LogP contribution is 2.24. The highest BCUT2D eigenvalue weighted by molar-refractivity contribution is 5.89. The minimum Gasteiger partial charge on any atom is -0.490 e. The highest BCUT2D eigenvalue weighted by atomic mass is 16.5. The van der Waals surface area contributed by atoms with Crippen LogP contribution in [-0.2, 0) is 4.74 Å². The lowest BCUT2D eigenvalue weighted by Gasteiger charge is -2.17. The van der Waals surface area contributed by atoms with Gasteiger partial charge in [0.1, 0.15) is 5.75 Å². The van der Waals surface area contributed by atoms with Crippen LogP contribution in [0.5, 0.6) is 5.75 Å². The molecule has 1 aromatic rings. The van der Waals surface area contributed by atoms with Crippen molar-refractivity contribution in [2.24, 2.45) is 0 Å². The smallest absolute Gasteiger partial charge is 0.319 e. The maximum atomic E-state index is 11.9. The lowest BCUT2D eigenvalue weighted by Crippen LogP contribution is -2.40. The molecule has 0 spiro atoms. The van der Waals surface area contributed by atoms with Crippen molar-refractivity contribution in [1.82, 2.24) is 5.32 Å². The first-order valence-corrected chi connectivity index (χ1v) is 8.15. The van der Waals surface area contributed by atoms with E-state index in [2.05, 4.69) is 10.6 Å². The van der Waals surface area contributed by atoms with Gasteiger partial charge in [0, 0.05) is 19.4 Å². The summed E-state index contributed by atoms with van der Waals surface area (Å²) in [7, 11) is 1.59. The largest absolute Gasteiger partial charge is 0.490 e. The van der Waals surface area contributed by atoms with E-state index in [1.54, 1.807) is 7.11 Å². The first-order valence-electron chi connectivity index (χ1n) is 8.15. The summed E-state index contributed by atoms with van der Waals surface area (Å²) in [6.45, 7) is 0.365. The summed E-state index contributed by atoms with van der Waals surface area (Å²) in [6.07, 6.45) is 5.59. The van der Waals surface area contributed by atoms with Gasteiger partial charge in [0.25, 0.3) is 0 Å². The molecule has 1 fully saturated rings. The van der Waals surface area contributed by atoms with Crippen molar-refractivity contribution in [3.63, 3.8) is 0 Å². The standard InChI is InChI=1S/C17H26N2O4/c1-22-11-10-14(12-20)19-17(21)18-13-6-8-16(9-7-13)23-15-4-2-3-5-15/h6-9,14-15,20H,2-5,10-12H2,1H3,(H2,18,19,21)/t14-/m1/s1. The summed E-state index contributed by atoms with van der Waals surface area (Å²) in [5, 5.41) is 14.7. The molecule has 3 N–H and O–H groups in total. The molecule has 2 amide bonds. The Labute approximate surface area is 137 Å². The summed E-state index contributed by atoms with van der Waals surface area (Å²) in [4.78, 5) is 11.9. The number of aliphatic hydroxyl groups excluding tert-OH is 1. The lowest BCUT2D eigenvalue weighted by atomic mass is 10.2. The van der Waals surface area contributed by atoms with Crippen LogP contribution in [0.2, 0.25) is 0 Å².